The maximum absolute atomic E-state index is 15.0. The maximum atomic E-state index is 15.0. The lowest BCUT2D eigenvalue weighted by Crippen LogP contribution is -2.56. The van der Waals surface area contributed by atoms with Gasteiger partial charge in [-0.05, 0) is 76.2 Å². The summed E-state index contributed by atoms with van der Waals surface area (Å²) in [4.78, 5) is 68.5. The predicted molar refractivity (Wildman–Crippen MR) is 234 cm³/mol. The number of nitrogens with zero attached hydrogens (tertiary/aromatic N) is 1. The Balaban J connectivity index is 1.16. The van der Waals surface area contributed by atoms with Gasteiger partial charge in [-0.15, -0.1) is 0 Å². The van der Waals surface area contributed by atoms with Gasteiger partial charge in [-0.2, -0.15) is 0 Å². The molecule has 3 amide bonds. The first-order chi connectivity index (χ1) is 29.4. The number of rotatable bonds is 15. The van der Waals surface area contributed by atoms with Crippen molar-refractivity contribution in [2.75, 3.05) is 19.6 Å². The van der Waals surface area contributed by atoms with Gasteiger partial charge in [-0.25, -0.2) is 8.78 Å². The van der Waals surface area contributed by atoms with E-state index in [9.17, 15) is 28.0 Å². The van der Waals surface area contributed by atoms with Crippen molar-refractivity contribution in [3.63, 3.8) is 0 Å². The van der Waals surface area contributed by atoms with E-state index in [4.69, 9.17) is 0 Å². The Hall–Kier alpha value is -6.34. The maximum Gasteiger partial charge on any atom is 0.290 e. The van der Waals surface area contributed by atoms with E-state index in [0.717, 1.165) is 40.6 Å². The normalized spacial score (nSPS) is 18.3. The molecule has 310 valence electrons. The molecule has 2 saturated heterocycles. The lowest BCUT2D eigenvalue weighted by Gasteiger charge is -2.33. The van der Waals surface area contributed by atoms with Crippen LogP contribution in [-0.2, 0) is 16.1 Å². The first kappa shape index (κ1) is 42.8. The number of thioether (sulfide) groups is 1. The van der Waals surface area contributed by atoms with Gasteiger partial charge < -0.3 is 10.6 Å². The summed E-state index contributed by atoms with van der Waals surface area (Å²) in [5.41, 5.74) is 2.98. The zero-order valence-electron chi connectivity index (χ0n) is 33.6. The van der Waals surface area contributed by atoms with E-state index in [1.807, 2.05) is 30.3 Å². The van der Waals surface area contributed by atoms with E-state index < -0.39 is 45.8 Å². The molecule has 0 unspecified atom stereocenters. The van der Waals surface area contributed by atoms with Gasteiger partial charge >= 0.3 is 0 Å². The Morgan fingerprint density at radius 2 is 1.54 bits per heavy atom. The number of carbonyl (C=O) groups is 5. The van der Waals surface area contributed by atoms with Crippen LogP contribution in [0.1, 0.15) is 63.2 Å². The molecule has 2 fully saturated rings. The minimum atomic E-state index is -1.37. The van der Waals surface area contributed by atoms with Gasteiger partial charge in [0.05, 0.1) is 10.5 Å². The zero-order valence-corrected chi connectivity index (χ0v) is 34.4. The molecule has 7 rings (SSSR count). The fourth-order valence-corrected chi connectivity index (χ4v) is 8.48. The summed E-state index contributed by atoms with van der Waals surface area (Å²) in [6.45, 7) is 5.86. The van der Waals surface area contributed by atoms with E-state index in [1.54, 1.807) is 48.6 Å². The van der Waals surface area contributed by atoms with Crippen LogP contribution in [0.4, 0.5) is 13.6 Å². The summed E-state index contributed by atoms with van der Waals surface area (Å²) in [7, 11) is 0. The highest BCUT2D eigenvalue weighted by molar-refractivity contribution is 8.18. The molecular weight excluding hydrogens is 795 g/mol. The third-order valence-corrected chi connectivity index (χ3v) is 11.6. The molecule has 5 aromatic rings. The largest absolute Gasteiger partial charge is 0.350 e. The van der Waals surface area contributed by atoms with Gasteiger partial charge in [-0.1, -0.05) is 117 Å². The van der Waals surface area contributed by atoms with Gasteiger partial charge in [0.1, 0.15) is 17.2 Å². The van der Waals surface area contributed by atoms with Crippen molar-refractivity contribution in [3.8, 4) is 11.1 Å². The van der Waals surface area contributed by atoms with Crippen molar-refractivity contribution in [2.45, 2.75) is 38.4 Å². The molecule has 0 bridgehead atoms. The first-order valence-corrected chi connectivity index (χ1v) is 20.8. The highest BCUT2D eigenvalue weighted by atomic mass is 32.2. The Bertz CT molecular complexity index is 2540. The summed E-state index contributed by atoms with van der Waals surface area (Å²) < 4.78 is 28.8. The second-order valence-corrected chi connectivity index (χ2v) is 16.6. The quantitative estimate of drug-likeness (QED) is 0.0709. The number of nitrogens with one attached hydrogen (secondary N) is 3. The van der Waals surface area contributed by atoms with Crippen LogP contribution < -0.4 is 16.0 Å². The Morgan fingerprint density at radius 1 is 0.852 bits per heavy atom. The van der Waals surface area contributed by atoms with E-state index in [0.29, 0.717) is 36.8 Å². The molecule has 2 aliphatic rings. The molecule has 0 spiro atoms. The predicted octanol–water partition coefficient (Wildman–Crippen LogP) is 8.46. The molecule has 12 heteroatoms. The zero-order chi connectivity index (χ0) is 43.1. The number of hydrogen-bond donors (Lipinski definition) is 3. The van der Waals surface area contributed by atoms with Gasteiger partial charge in [0.25, 0.3) is 11.1 Å². The van der Waals surface area contributed by atoms with Crippen LogP contribution in [0.5, 0.6) is 0 Å². The van der Waals surface area contributed by atoms with Crippen LogP contribution in [0, 0.1) is 17.6 Å². The topological polar surface area (TPSA) is 125 Å². The molecule has 5 aromatic carbocycles. The van der Waals surface area contributed by atoms with Crippen molar-refractivity contribution in [2.24, 2.45) is 5.92 Å². The first-order valence-electron chi connectivity index (χ1n) is 20.0. The van der Waals surface area contributed by atoms with Gasteiger partial charge in [-0.3, -0.25) is 34.2 Å². The van der Waals surface area contributed by atoms with Crippen LogP contribution in [0.25, 0.3) is 23.3 Å². The van der Waals surface area contributed by atoms with E-state index in [-0.39, 0.29) is 46.5 Å². The molecule has 2 atom stereocenters. The number of imide groups is 1. The minimum absolute atomic E-state index is 0.0393. The standard InChI is InChI=1S/C49H44F2N4O5S/c1-31(2)28-55(29-35-12-6-7-13-38(35)34-10-4-3-5-11-34)37-26-49(53-27-37,46(58)40-15-9-8-14-39(40)45(57)41-22-21-36(50)25-42(41)51)30-52-44(56)23-20-32-16-18-33(19-17-32)24-43-47(59)54-48(60)61-43/h3-25,31,37,53H,26-30H2,1-2H3,(H,52,56)(H,54,59,60)/b23-20+,43-24?/t37-,49+/m1/s1. The van der Waals surface area contributed by atoms with E-state index in [2.05, 4.69) is 59.0 Å². The number of Topliss-reactive ketones (excluding diaryl/α,β-unsaturated/α-hetero) is 1. The number of amides is 3. The molecule has 3 N–H and O–H groups in total. The summed E-state index contributed by atoms with van der Waals surface area (Å²) in [6.07, 6.45) is 4.86. The average molecular weight is 839 g/mol. The van der Waals surface area contributed by atoms with Crippen LogP contribution in [0.3, 0.4) is 0 Å². The van der Waals surface area contributed by atoms with Crippen molar-refractivity contribution >= 4 is 52.5 Å². The molecule has 0 aliphatic carbocycles. The summed E-state index contributed by atoms with van der Waals surface area (Å²) >= 11 is 0.827. The molecule has 0 radical (unpaired) electrons. The highest BCUT2D eigenvalue weighted by Crippen LogP contribution is 2.33. The monoisotopic (exact) mass is 838 g/mol. The molecule has 61 heavy (non-hydrogen) atoms. The molecule has 0 aromatic heterocycles. The highest BCUT2D eigenvalue weighted by Gasteiger charge is 2.48. The Kier molecular flexibility index (Phi) is 13.3. The fourth-order valence-electron chi connectivity index (χ4n) is 7.79. The third kappa shape index (κ3) is 10.2. The van der Waals surface area contributed by atoms with E-state index >= 15 is 4.79 Å². The van der Waals surface area contributed by atoms with Crippen LogP contribution in [0.15, 0.2) is 132 Å². The average Bonchev–Trinajstić information content (AvgIpc) is 3.84. The fraction of sp³-hybridized carbons (Fsp3) is 0.204. The molecule has 9 nitrogen and oxygen atoms in total. The summed E-state index contributed by atoms with van der Waals surface area (Å²) in [5, 5.41) is 8.21. The van der Waals surface area contributed by atoms with Crippen molar-refractivity contribution < 1.29 is 32.8 Å². The Labute approximate surface area is 357 Å². The smallest absolute Gasteiger partial charge is 0.290 e. The van der Waals surface area contributed by atoms with Crippen molar-refractivity contribution in [1.29, 1.82) is 0 Å². The van der Waals surface area contributed by atoms with Crippen molar-refractivity contribution in [3.05, 3.63) is 177 Å². The summed E-state index contributed by atoms with van der Waals surface area (Å²) in [6, 6.07) is 34.2. The number of ketones is 2. The molecule has 0 saturated carbocycles. The number of hydrogen-bond acceptors (Lipinski definition) is 8. The lowest BCUT2D eigenvalue weighted by atomic mass is 9.83. The Morgan fingerprint density at radius 3 is 2.25 bits per heavy atom. The van der Waals surface area contributed by atoms with E-state index in [1.165, 1.54) is 18.2 Å². The van der Waals surface area contributed by atoms with Crippen LogP contribution >= 0.6 is 11.8 Å². The van der Waals surface area contributed by atoms with Gasteiger partial charge in [0.2, 0.25) is 5.91 Å². The third-order valence-electron chi connectivity index (χ3n) is 10.7. The second kappa shape index (κ2) is 18.9. The number of benzene rings is 5. The van der Waals surface area contributed by atoms with Gasteiger partial charge in [0.15, 0.2) is 11.6 Å². The lowest BCUT2D eigenvalue weighted by molar-refractivity contribution is -0.117. The molecule has 2 heterocycles. The summed E-state index contributed by atoms with van der Waals surface area (Å²) in [5.74, 6) is -3.72. The number of carbonyl (C=O) groups excluding carboxylic acids is 5. The SMILES string of the molecule is CC(C)CN(Cc1ccccc1-c1ccccc1)[C@H]1CN[C@@](CNC(=O)/C=C/c2ccc(C=C3SC(=O)NC3=O)cc2)(C(=O)c2ccccc2C(=O)c2ccc(F)cc2F)C1. The second-order valence-electron chi connectivity index (χ2n) is 15.6. The number of halogens is 2. The van der Waals surface area contributed by atoms with Crippen molar-refractivity contribution in [1.82, 2.24) is 20.9 Å². The van der Waals surface area contributed by atoms with Crippen LogP contribution in [0.2, 0.25) is 0 Å². The van der Waals surface area contributed by atoms with Crippen LogP contribution in [-0.4, -0.2) is 64.7 Å². The minimum Gasteiger partial charge on any atom is -0.350 e. The molecular formula is C49H44F2N4O5S. The molecule has 2 aliphatic heterocycles. The van der Waals surface area contributed by atoms with Gasteiger partial charge in [0, 0.05) is 55.5 Å².